The van der Waals surface area contributed by atoms with Gasteiger partial charge in [-0.1, -0.05) is 6.92 Å². The Bertz CT molecular complexity index is 859. The number of aryl methyl sites for hydroxylation is 1. The third-order valence-electron chi connectivity index (χ3n) is 5.08. The zero-order valence-electron chi connectivity index (χ0n) is 15.9. The highest BCUT2D eigenvalue weighted by Crippen LogP contribution is 2.22. The predicted molar refractivity (Wildman–Crippen MR) is 101 cm³/mol. The Labute approximate surface area is 158 Å². The molecule has 144 valence electrons. The van der Waals surface area contributed by atoms with E-state index in [2.05, 4.69) is 15.7 Å². The van der Waals surface area contributed by atoms with Crippen molar-refractivity contribution in [2.75, 3.05) is 5.32 Å². The second-order valence-electron chi connectivity index (χ2n) is 7.64. The smallest absolute Gasteiger partial charge is 0.251 e. The first-order chi connectivity index (χ1) is 12.8. The van der Waals surface area contributed by atoms with Crippen LogP contribution in [0.25, 0.3) is 0 Å². The number of halogens is 1. The van der Waals surface area contributed by atoms with Gasteiger partial charge in [0.25, 0.3) is 5.91 Å². The number of amides is 2. The largest absolute Gasteiger partial charge is 0.347 e. The average molecular weight is 372 g/mol. The lowest BCUT2D eigenvalue weighted by molar-refractivity contribution is -0.120. The molecule has 7 heteroatoms. The van der Waals surface area contributed by atoms with Gasteiger partial charge >= 0.3 is 0 Å². The van der Waals surface area contributed by atoms with E-state index in [0.29, 0.717) is 25.1 Å². The van der Waals surface area contributed by atoms with E-state index in [1.54, 1.807) is 6.20 Å². The zero-order chi connectivity index (χ0) is 19.6. The Morgan fingerprint density at radius 2 is 2.11 bits per heavy atom. The Kier molecular flexibility index (Phi) is 5.30. The van der Waals surface area contributed by atoms with Crippen LogP contribution in [-0.4, -0.2) is 27.1 Å². The summed E-state index contributed by atoms with van der Waals surface area (Å²) in [5, 5.41) is 9.84. The molecule has 1 atom stereocenters. The SMILES string of the molecule is CCC(C)(C)NC(=O)c1cc(F)cc(NC(=O)C2CCn3nccc3C2)c1. The van der Waals surface area contributed by atoms with Crippen molar-refractivity contribution in [1.82, 2.24) is 15.1 Å². The zero-order valence-corrected chi connectivity index (χ0v) is 15.9. The molecule has 27 heavy (non-hydrogen) atoms. The van der Waals surface area contributed by atoms with Gasteiger partial charge in [-0.3, -0.25) is 14.3 Å². The molecule has 1 aliphatic rings. The van der Waals surface area contributed by atoms with Crippen molar-refractivity contribution in [2.45, 2.75) is 52.1 Å². The van der Waals surface area contributed by atoms with Crippen molar-refractivity contribution in [1.29, 1.82) is 0 Å². The van der Waals surface area contributed by atoms with Gasteiger partial charge in [0, 0.05) is 47.6 Å². The number of anilines is 1. The molecule has 1 aliphatic heterocycles. The molecule has 1 aromatic carbocycles. The van der Waals surface area contributed by atoms with Crippen LogP contribution in [0.5, 0.6) is 0 Å². The summed E-state index contributed by atoms with van der Waals surface area (Å²) in [5.74, 6) is -1.30. The third-order valence-corrected chi connectivity index (χ3v) is 5.08. The van der Waals surface area contributed by atoms with Crippen molar-refractivity contribution < 1.29 is 14.0 Å². The molecular formula is C20H25FN4O2. The number of fused-ring (bicyclic) bond motifs is 1. The first-order valence-corrected chi connectivity index (χ1v) is 9.22. The highest BCUT2D eigenvalue weighted by Gasteiger charge is 2.26. The molecule has 0 fully saturated rings. The normalized spacial score (nSPS) is 16.5. The summed E-state index contributed by atoms with van der Waals surface area (Å²) in [6.45, 7) is 6.46. The van der Waals surface area contributed by atoms with Gasteiger partial charge in [-0.15, -0.1) is 0 Å². The van der Waals surface area contributed by atoms with Crippen molar-refractivity contribution in [3.05, 3.63) is 47.5 Å². The van der Waals surface area contributed by atoms with Crippen LogP contribution in [0, 0.1) is 11.7 Å². The molecule has 2 N–H and O–H groups in total. The summed E-state index contributed by atoms with van der Waals surface area (Å²) in [5.41, 5.74) is 1.10. The fourth-order valence-electron chi connectivity index (χ4n) is 3.10. The predicted octanol–water partition coefficient (Wildman–Crippen LogP) is 3.14. The molecule has 0 saturated heterocycles. The number of rotatable bonds is 5. The van der Waals surface area contributed by atoms with Crippen molar-refractivity contribution in [3.8, 4) is 0 Å². The minimum atomic E-state index is -0.561. The Hall–Kier alpha value is -2.70. The molecule has 0 radical (unpaired) electrons. The minimum Gasteiger partial charge on any atom is -0.347 e. The van der Waals surface area contributed by atoms with Gasteiger partial charge in [-0.05, 0) is 51.0 Å². The molecule has 6 nitrogen and oxygen atoms in total. The second kappa shape index (κ2) is 7.50. The highest BCUT2D eigenvalue weighted by molar-refractivity contribution is 5.98. The molecule has 1 unspecified atom stereocenters. The van der Waals surface area contributed by atoms with Gasteiger partial charge < -0.3 is 10.6 Å². The van der Waals surface area contributed by atoms with Crippen molar-refractivity contribution in [3.63, 3.8) is 0 Å². The summed E-state index contributed by atoms with van der Waals surface area (Å²) in [6.07, 6.45) is 3.74. The van der Waals surface area contributed by atoms with Crippen molar-refractivity contribution in [2.24, 2.45) is 5.92 Å². The standard InChI is InChI=1S/C20H25FN4O2/c1-4-20(2,3)24-19(27)14-9-15(21)12-16(10-14)23-18(26)13-6-8-25-17(11-13)5-7-22-25/h5,7,9-10,12-13H,4,6,8,11H2,1-3H3,(H,23,26)(H,24,27). The second-order valence-corrected chi connectivity index (χ2v) is 7.64. The Morgan fingerprint density at radius 3 is 2.85 bits per heavy atom. The highest BCUT2D eigenvalue weighted by atomic mass is 19.1. The van der Waals surface area contributed by atoms with Gasteiger partial charge in [-0.25, -0.2) is 4.39 Å². The van der Waals surface area contributed by atoms with E-state index in [1.165, 1.54) is 18.2 Å². The van der Waals surface area contributed by atoms with Gasteiger partial charge in [0.1, 0.15) is 5.82 Å². The number of hydrogen-bond donors (Lipinski definition) is 2. The van der Waals surface area contributed by atoms with E-state index < -0.39 is 11.4 Å². The number of aromatic nitrogens is 2. The monoisotopic (exact) mass is 372 g/mol. The Balaban J connectivity index is 1.71. The molecule has 3 rings (SSSR count). The molecule has 2 amide bonds. The van der Waals surface area contributed by atoms with Crippen LogP contribution in [0.3, 0.4) is 0 Å². The lowest BCUT2D eigenvalue weighted by Crippen LogP contribution is -2.42. The molecule has 0 saturated carbocycles. The van der Waals surface area contributed by atoms with E-state index >= 15 is 0 Å². The van der Waals surface area contributed by atoms with Crippen LogP contribution in [0.1, 0.15) is 49.7 Å². The molecule has 0 spiro atoms. The van der Waals surface area contributed by atoms with E-state index in [4.69, 9.17) is 0 Å². The van der Waals surface area contributed by atoms with Gasteiger partial charge in [0.15, 0.2) is 0 Å². The van der Waals surface area contributed by atoms with Crippen LogP contribution >= 0.6 is 0 Å². The maximum Gasteiger partial charge on any atom is 0.251 e. The average Bonchev–Trinajstić information content (AvgIpc) is 3.08. The number of hydrogen-bond acceptors (Lipinski definition) is 3. The molecule has 0 aliphatic carbocycles. The number of nitrogens with one attached hydrogen (secondary N) is 2. The van der Waals surface area contributed by atoms with Crippen LogP contribution in [-0.2, 0) is 17.8 Å². The molecule has 2 aromatic rings. The quantitative estimate of drug-likeness (QED) is 0.847. The number of nitrogens with zero attached hydrogens (tertiary/aromatic N) is 2. The topological polar surface area (TPSA) is 76.0 Å². The fraction of sp³-hybridized carbons (Fsp3) is 0.450. The van der Waals surface area contributed by atoms with Crippen LogP contribution in [0.4, 0.5) is 10.1 Å². The number of carbonyl (C=O) groups is 2. The first kappa shape index (κ1) is 19.1. The first-order valence-electron chi connectivity index (χ1n) is 9.22. The summed E-state index contributed by atoms with van der Waals surface area (Å²) in [6, 6.07) is 5.82. The van der Waals surface area contributed by atoms with Gasteiger partial charge in [-0.2, -0.15) is 5.10 Å². The number of carbonyl (C=O) groups excluding carboxylic acids is 2. The van der Waals surface area contributed by atoms with Gasteiger partial charge in [0.2, 0.25) is 5.91 Å². The van der Waals surface area contributed by atoms with Crippen LogP contribution in [0.15, 0.2) is 30.5 Å². The molecule has 2 heterocycles. The number of benzene rings is 1. The fourth-order valence-corrected chi connectivity index (χ4v) is 3.10. The summed E-state index contributed by atoms with van der Waals surface area (Å²) in [7, 11) is 0. The third kappa shape index (κ3) is 4.53. The lowest BCUT2D eigenvalue weighted by atomic mass is 9.95. The molecule has 1 aromatic heterocycles. The van der Waals surface area contributed by atoms with E-state index in [0.717, 1.165) is 12.1 Å². The van der Waals surface area contributed by atoms with E-state index in [-0.39, 0.29) is 23.3 Å². The van der Waals surface area contributed by atoms with Gasteiger partial charge in [0.05, 0.1) is 0 Å². The van der Waals surface area contributed by atoms with Crippen LogP contribution < -0.4 is 10.6 Å². The molecule has 0 bridgehead atoms. The minimum absolute atomic E-state index is 0.173. The summed E-state index contributed by atoms with van der Waals surface area (Å²) < 4.78 is 15.9. The van der Waals surface area contributed by atoms with Crippen molar-refractivity contribution >= 4 is 17.5 Å². The maximum absolute atomic E-state index is 14.0. The van der Waals surface area contributed by atoms with Crippen LogP contribution in [0.2, 0.25) is 0 Å². The maximum atomic E-state index is 14.0. The summed E-state index contributed by atoms with van der Waals surface area (Å²) in [4.78, 5) is 25.0. The Morgan fingerprint density at radius 1 is 1.33 bits per heavy atom. The van der Waals surface area contributed by atoms with E-state index in [1.807, 2.05) is 31.5 Å². The van der Waals surface area contributed by atoms with E-state index in [9.17, 15) is 14.0 Å². The lowest BCUT2D eigenvalue weighted by Gasteiger charge is -2.25. The molecular weight excluding hydrogens is 347 g/mol. The summed E-state index contributed by atoms with van der Waals surface area (Å²) >= 11 is 0.